The molecule has 98 valence electrons. The third kappa shape index (κ3) is 2.95. The van der Waals surface area contributed by atoms with Gasteiger partial charge in [0, 0.05) is 24.5 Å². The summed E-state index contributed by atoms with van der Waals surface area (Å²) in [6.07, 6.45) is 7.40. The van der Waals surface area contributed by atoms with Gasteiger partial charge >= 0.3 is 0 Å². The van der Waals surface area contributed by atoms with Crippen molar-refractivity contribution >= 4 is 11.7 Å². The Morgan fingerprint density at radius 1 is 1.22 bits per heavy atom. The zero-order valence-corrected chi connectivity index (χ0v) is 10.5. The molecule has 1 aliphatic carbocycles. The molecule has 1 aromatic rings. The van der Waals surface area contributed by atoms with Crippen LogP contribution < -0.4 is 16.4 Å². The molecule has 1 fully saturated rings. The quantitative estimate of drug-likeness (QED) is 0.723. The Labute approximate surface area is 106 Å². The molecule has 1 amide bonds. The normalized spacial score (nSPS) is 23.6. The Bertz CT molecular complexity index is 415. The minimum Gasteiger partial charge on any atom is -0.365 e. The first kappa shape index (κ1) is 12.8. The second-order valence-electron chi connectivity index (χ2n) is 4.60. The van der Waals surface area contributed by atoms with E-state index in [0.717, 1.165) is 25.7 Å². The summed E-state index contributed by atoms with van der Waals surface area (Å²) in [7, 11) is 1.99. The van der Waals surface area contributed by atoms with Gasteiger partial charge in [0.1, 0.15) is 0 Å². The van der Waals surface area contributed by atoms with E-state index in [0.29, 0.717) is 17.9 Å². The molecule has 0 saturated heterocycles. The number of hydrogen-bond donors (Lipinski definition) is 3. The average molecular weight is 249 g/mol. The number of anilines is 1. The smallest absolute Gasteiger partial charge is 0.271 e. The van der Waals surface area contributed by atoms with Crippen LogP contribution in [-0.4, -0.2) is 35.0 Å². The molecule has 1 aromatic heterocycles. The van der Waals surface area contributed by atoms with Crippen LogP contribution in [0.4, 0.5) is 5.82 Å². The summed E-state index contributed by atoms with van der Waals surface area (Å²) in [6.45, 7) is 0. The van der Waals surface area contributed by atoms with E-state index < -0.39 is 5.91 Å². The predicted molar refractivity (Wildman–Crippen MR) is 69.3 cm³/mol. The molecule has 6 nitrogen and oxygen atoms in total. The van der Waals surface area contributed by atoms with Crippen molar-refractivity contribution < 1.29 is 4.79 Å². The number of nitrogens with two attached hydrogens (primary N) is 1. The second-order valence-corrected chi connectivity index (χ2v) is 4.60. The van der Waals surface area contributed by atoms with Gasteiger partial charge in [0.2, 0.25) is 0 Å². The Morgan fingerprint density at radius 2 is 1.83 bits per heavy atom. The van der Waals surface area contributed by atoms with Gasteiger partial charge in [0.15, 0.2) is 11.5 Å². The number of nitrogens with zero attached hydrogens (tertiary/aromatic N) is 2. The molecule has 18 heavy (non-hydrogen) atoms. The van der Waals surface area contributed by atoms with E-state index in [4.69, 9.17) is 5.73 Å². The highest BCUT2D eigenvalue weighted by Gasteiger charge is 2.21. The first-order valence-corrected chi connectivity index (χ1v) is 6.25. The summed E-state index contributed by atoms with van der Waals surface area (Å²) < 4.78 is 0. The zero-order valence-electron chi connectivity index (χ0n) is 10.5. The van der Waals surface area contributed by atoms with Crippen LogP contribution in [0.3, 0.4) is 0 Å². The molecule has 1 aliphatic rings. The molecule has 0 spiro atoms. The van der Waals surface area contributed by atoms with E-state index in [2.05, 4.69) is 20.6 Å². The van der Waals surface area contributed by atoms with Crippen molar-refractivity contribution in [2.75, 3.05) is 12.4 Å². The molecule has 4 N–H and O–H groups in total. The second kappa shape index (κ2) is 5.77. The van der Waals surface area contributed by atoms with E-state index in [1.807, 2.05) is 7.05 Å². The number of rotatable bonds is 4. The van der Waals surface area contributed by atoms with Crippen molar-refractivity contribution in [2.45, 2.75) is 37.8 Å². The molecule has 1 saturated carbocycles. The van der Waals surface area contributed by atoms with Gasteiger partial charge in [-0.2, -0.15) is 0 Å². The van der Waals surface area contributed by atoms with Crippen LogP contribution in [-0.2, 0) is 0 Å². The van der Waals surface area contributed by atoms with Crippen molar-refractivity contribution in [2.24, 2.45) is 5.73 Å². The van der Waals surface area contributed by atoms with Crippen LogP contribution in [0, 0.1) is 0 Å². The van der Waals surface area contributed by atoms with E-state index in [1.165, 1.54) is 6.20 Å². The van der Waals surface area contributed by atoms with Gasteiger partial charge in [-0.15, -0.1) is 0 Å². The summed E-state index contributed by atoms with van der Waals surface area (Å²) in [4.78, 5) is 19.3. The van der Waals surface area contributed by atoms with Crippen molar-refractivity contribution in [3.05, 3.63) is 18.1 Å². The fourth-order valence-electron chi connectivity index (χ4n) is 2.34. The predicted octanol–water partition coefficient (Wildman–Crippen LogP) is 0.518. The monoisotopic (exact) mass is 249 g/mol. The average Bonchev–Trinajstić information content (AvgIpc) is 2.40. The van der Waals surface area contributed by atoms with Gasteiger partial charge in [0.25, 0.3) is 5.91 Å². The summed E-state index contributed by atoms with van der Waals surface area (Å²) in [5.74, 6) is -0.0487. The van der Waals surface area contributed by atoms with Gasteiger partial charge in [-0.25, -0.2) is 9.97 Å². The standard InChI is InChI=1S/C12H19N5O/c1-14-8-2-4-9(5-3-8)17-12-10(11(13)18)15-6-7-16-12/h6-9,14H,2-5H2,1H3,(H2,13,18)(H,16,17). The Hall–Kier alpha value is -1.69. The third-order valence-electron chi connectivity index (χ3n) is 3.41. The number of hydrogen-bond acceptors (Lipinski definition) is 5. The first-order chi connectivity index (χ1) is 8.70. The van der Waals surface area contributed by atoms with Gasteiger partial charge in [0.05, 0.1) is 0 Å². The fraction of sp³-hybridized carbons (Fsp3) is 0.583. The van der Waals surface area contributed by atoms with Gasteiger partial charge in [-0.3, -0.25) is 4.79 Å². The van der Waals surface area contributed by atoms with E-state index in [9.17, 15) is 4.79 Å². The van der Waals surface area contributed by atoms with Crippen LogP contribution in [0.1, 0.15) is 36.2 Å². The van der Waals surface area contributed by atoms with Gasteiger partial charge in [-0.1, -0.05) is 0 Å². The first-order valence-electron chi connectivity index (χ1n) is 6.25. The lowest BCUT2D eigenvalue weighted by Gasteiger charge is -2.29. The number of carbonyl (C=O) groups excluding carboxylic acids is 1. The van der Waals surface area contributed by atoms with Crippen molar-refractivity contribution in [1.29, 1.82) is 0 Å². The highest BCUT2D eigenvalue weighted by atomic mass is 16.1. The SMILES string of the molecule is CNC1CCC(Nc2nccnc2C(N)=O)CC1. The molecular weight excluding hydrogens is 230 g/mol. The van der Waals surface area contributed by atoms with Crippen molar-refractivity contribution in [1.82, 2.24) is 15.3 Å². The summed E-state index contributed by atoms with van der Waals surface area (Å²) in [5.41, 5.74) is 5.49. The Balaban J connectivity index is 2.00. The molecule has 6 heteroatoms. The molecule has 1 heterocycles. The van der Waals surface area contributed by atoms with Crippen LogP contribution >= 0.6 is 0 Å². The number of aromatic nitrogens is 2. The maximum Gasteiger partial charge on any atom is 0.271 e. The third-order valence-corrected chi connectivity index (χ3v) is 3.41. The molecule has 0 aromatic carbocycles. The molecular formula is C12H19N5O. The molecule has 2 rings (SSSR count). The lowest BCUT2D eigenvalue weighted by molar-refractivity contribution is 0.0996. The molecule has 0 radical (unpaired) electrons. The lowest BCUT2D eigenvalue weighted by Crippen LogP contribution is -2.35. The number of carbonyl (C=O) groups is 1. The van der Waals surface area contributed by atoms with Crippen LogP contribution in [0.5, 0.6) is 0 Å². The van der Waals surface area contributed by atoms with Gasteiger partial charge in [-0.05, 0) is 32.7 Å². The Kier molecular flexibility index (Phi) is 4.09. The largest absolute Gasteiger partial charge is 0.365 e. The molecule has 0 bridgehead atoms. The topological polar surface area (TPSA) is 92.9 Å². The van der Waals surface area contributed by atoms with Gasteiger partial charge < -0.3 is 16.4 Å². The van der Waals surface area contributed by atoms with Crippen molar-refractivity contribution in [3.63, 3.8) is 0 Å². The zero-order chi connectivity index (χ0) is 13.0. The van der Waals surface area contributed by atoms with Crippen molar-refractivity contribution in [3.8, 4) is 0 Å². The molecule has 0 aliphatic heterocycles. The molecule has 0 unspecified atom stereocenters. The van der Waals surface area contributed by atoms with E-state index in [-0.39, 0.29) is 5.69 Å². The van der Waals surface area contributed by atoms with Crippen LogP contribution in [0.25, 0.3) is 0 Å². The summed E-state index contributed by atoms with van der Waals surface area (Å²) in [5, 5.41) is 6.56. The minimum absolute atomic E-state index is 0.216. The fourth-order valence-corrected chi connectivity index (χ4v) is 2.34. The number of nitrogens with one attached hydrogen (secondary N) is 2. The minimum atomic E-state index is -0.547. The Morgan fingerprint density at radius 3 is 2.44 bits per heavy atom. The van der Waals surface area contributed by atoms with Crippen LogP contribution in [0.15, 0.2) is 12.4 Å². The lowest BCUT2D eigenvalue weighted by atomic mass is 9.91. The van der Waals surface area contributed by atoms with E-state index >= 15 is 0 Å². The molecule has 0 atom stereocenters. The highest BCUT2D eigenvalue weighted by molar-refractivity contribution is 5.95. The maximum atomic E-state index is 11.2. The number of amides is 1. The summed E-state index contributed by atoms with van der Waals surface area (Å²) >= 11 is 0. The number of primary amides is 1. The highest BCUT2D eigenvalue weighted by Crippen LogP contribution is 2.22. The summed E-state index contributed by atoms with van der Waals surface area (Å²) in [6, 6.07) is 0.935. The van der Waals surface area contributed by atoms with E-state index in [1.54, 1.807) is 6.20 Å². The van der Waals surface area contributed by atoms with Crippen LogP contribution in [0.2, 0.25) is 0 Å². The maximum absolute atomic E-state index is 11.2.